The summed E-state index contributed by atoms with van der Waals surface area (Å²) in [6.07, 6.45) is 6.46. The second kappa shape index (κ2) is 8.90. The summed E-state index contributed by atoms with van der Waals surface area (Å²) in [7, 11) is 0. The minimum atomic E-state index is 0. The number of aliphatic imine (C=N–C) groups is 1. The fourth-order valence-electron chi connectivity index (χ4n) is 2.68. The van der Waals surface area contributed by atoms with Gasteiger partial charge in [-0.15, -0.1) is 24.0 Å². The summed E-state index contributed by atoms with van der Waals surface area (Å²) in [6, 6.07) is 10.1. The smallest absolute Gasteiger partial charge is 0.194 e. The average molecular weight is 425 g/mol. The highest BCUT2D eigenvalue weighted by Gasteiger charge is 2.15. The normalized spacial score (nSPS) is 14.7. The molecular weight excluding hydrogens is 401 g/mol. The van der Waals surface area contributed by atoms with E-state index >= 15 is 0 Å². The van der Waals surface area contributed by atoms with Crippen molar-refractivity contribution in [3.8, 4) is 5.69 Å². The van der Waals surface area contributed by atoms with E-state index in [4.69, 9.17) is 4.99 Å². The minimum absolute atomic E-state index is 0. The fraction of sp³-hybridized carbons (Fsp3) is 0.412. The van der Waals surface area contributed by atoms with Crippen LogP contribution < -0.4 is 5.32 Å². The largest absolute Gasteiger partial charge is 0.357 e. The number of halogens is 1. The highest BCUT2D eigenvalue weighted by molar-refractivity contribution is 14.0. The van der Waals surface area contributed by atoms with E-state index < -0.39 is 0 Å². The van der Waals surface area contributed by atoms with Crippen LogP contribution in [0.25, 0.3) is 5.69 Å². The maximum absolute atomic E-state index is 4.75. The zero-order valence-electron chi connectivity index (χ0n) is 13.5. The molecule has 2 heterocycles. The molecule has 1 aromatic carbocycles. The molecule has 6 heteroatoms. The number of rotatable bonds is 4. The predicted octanol–water partition coefficient (Wildman–Crippen LogP) is 3.05. The van der Waals surface area contributed by atoms with Crippen molar-refractivity contribution in [1.29, 1.82) is 0 Å². The van der Waals surface area contributed by atoms with Crippen LogP contribution in [0.5, 0.6) is 0 Å². The van der Waals surface area contributed by atoms with E-state index in [9.17, 15) is 0 Å². The van der Waals surface area contributed by atoms with Crippen molar-refractivity contribution in [2.75, 3.05) is 19.6 Å². The first-order valence-corrected chi connectivity index (χ1v) is 7.99. The summed E-state index contributed by atoms with van der Waals surface area (Å²) >= 11 is 0. The molecule has 0 spiro atoms. The molecule has 5 nitrogen and oxygen atoms in total. The number of benzene rings is 1. The highest BCUT2D eigenvalue weighted by Crippen LogP contribution is 2.10. The summed E-state index contributed by atoms with van der Waals surface area (Å²) in [6.45, 7) is 5.88. The van der Waals surface area contributed by atoms with Crippen LogP contribution in [-0.4, -0.2) is 40.3 Å². The molecule has 124 valence electrons. The number of guanidine groups is 1. The van der Waals surface area contributed by atoms with E-state index in [1.165, 1.54) is 12.8 Å². The van der Waals surface area contributed by atoms with E-state index in [0.29, 0.717) is 6.54 Å². The molecule has 0 aliphatic carbocycles. The molecule has 1 saturated heterocycles. The third kappa shape index (κ3) is 4.70. The van der Waals surface area contributed by atoms with Gasteiger partial charge >= 0.3 is 0 Å². The molecule has 1 fully saturated rings. The van der Waals surface area contributed by atoms with Gasteiger partial charge in [0.15, 0.2) is 5.96 Å². The van der Waals surface area contributed by atoms with Gasteiger partial charge in [-0.3, -0.25) is 0 Å². The molecule has 0 unspecified atom stereocenters. The van der Waals surface area contributed by atoms with Crippen LogP contribution in [0, 0.1) is 0 Å². The first-order valence-electron chi connectivity index (χ1n) is 7.99. The van der Waals surface area contributed by atoms with Crippen molar-refractivity contribution in [2.45, 2.75) is 26.3 Å². The van der Waals surface area contributed by atoms with E-state index in [2.05, 4.69) is 22.2 Å². The fourth-order valence-corrected chi connectivity index (χ4v) is 2.68. The van der Waals surface area contributed by atoms with Gasteiger partial charge in [0.05, 0.1) is 18.4 Å². The molecule has 2 aromatic rings. The second-order valence-corrected chi connectivity index (χ2v) is 5.49. The minimum Gasteiger partial charge on any atom is -0.357 e. The lowest BCUT2D eigenvalue weighted by Gasteiger charge is -2.20. The molecule has 1 N–H and O–H groups in total. The molecule has 23 heavy (non-hydrogen) atoms. The first kappa shape index (κ1) is 17.8. The summed E-state index contributed by atoms with van der Waals surface area (Å²) in [5.41, 5.74) is 2.20. The van der Waals surface area contributed by atoms with Gasteiger partial charge in [0.2, 0.25) is 0 Å². The average Bonchev–Trinajstić information content (AvgIpc) is 3.24. The van der Waals surface area contributed by atoms with E-state index in [-0.39, 0.29) is 24.0 Å². The summed E-state index contributed by atoms with van der Waals surface area (Å²) in [5, 5.41) is 7.80. The molecule has 0 amide bonds. The molecule has 1 aromatic heterocycles. The summed E-state index contributed by atoms with van der Waals surface area (Å²) < 4.78 is 1.90. The van der Waals surface area contributed by atoms with Gasteiger partial charge in [-0.1, -0.05) is 18.2 Å². The molecular formula is C17H24IN5. The quantitative estimate of drug-likeness (QED) is 0.466. The Kier molecular flexibility index (Phi) is 6.88. The van der Waals surface area contributed by atoms with Gasteiger partial charge in [-0.2, -0.15) is 5.10 Å². The Morgan fingerprint density at radius 1 is 1.22 bits per heavy atom. The molecule has 1 aliphatic heterocycles. The standard InChI is InChI=1S/C17H23N5.HI/c1-2-18-17(21-10-6-7-11-21)19-12-15-13-20-22(14-15)16-8-4-3-5-9-16;/h3-5,8-9,13-14H,2,6-7,10-12H2,1H3,(H,18,19);1H. The Bertz CT molecular complexity index is 617. The molecule has 0 bridgehead atoms. The Hall–Kier alpha value is -1.57. The topological polar surface area (TPSA) is 45.5 Å². The number of nitrogens with zero attached hydrogens (tertiary/aromatic N) is 4. The van der Waals surface area contributed by atoms with E-state index in [0.717, 1.165) is 36.8 Å². The number of nitrogens with one attached hydrogen (secondary N) is 1. The van der Waals surface area contributed by atoms with Crippen LogP contribution in [-0.2, 0) is 6.54 Å². The van der Waals surface area contributed by atoms with E-state index in [1.54, 1.807) is 0 Å². The molecule has 1 aliphatic rings. The van der Waals surface area contributed by atoms with Crippen molar-refractivity contribution < 1.29 is 0 Å². The van der Waals surface area contributed by atoms with Crippen molar-refractivity contribution in [1.82, 2.24) is 20.0 Å². The number of aromatic nitrogens is 2. The lowest BCUT2D eigenvalue weighted by molar-refractivity contribution is 0.493. The zero-order chi connectivity index (χ0) is 15.2. The van der Waals surface area contributed by atoms with Gasteiger partial charge < -0.3 is 10.2 Å². The van der Waals surface area contributed by atoms with Gasteiger partial charge in [-0.05, 0) is 31.9 Å². The highest BCUT2D eigenvalue weighted by atomic mass is 127. The monoisotopic (exact) mass is 425 g/mol. The number of para-hydroxylation sites is 1. The summed E-state index contributed by atoms with van der Waals surface area (Å²) in [5.74, 6) is 1.02. The van der Waals surface area contributed by atoms with Crippen LogP contribution in [0.1, 0.15) is 25.3 Å². The number of hydrogen-bond donors (Lipinski definition) is 1. The third-order valence-corrected chi connectivity index (χ3v) is 3.81. The van der Waals surface area contributed by atoms with Crippen LogP contribution in [0.4, 0.5) is 0 Å². The molecule has 0 saturated carbocycles. The molecule has 0 atom stereocenters. The molecule has 3 rings (SSSR count). The van der Waals surface area contributed by atoms with Crippen LogP contribution in [0.3, 0.4) is 0 Å². The maximum atomic E-state index is 4.75. The SMILES string of the molecule is CCNC(=NCc1cnn(-c2ccccc2)c1)N1CCCC1.I. The lowest BCUT2D eigenvalue weighted by Crippen LogP contribution is -2.39. The Morgan fingerprint density at radius 2 is 1.96 bits per heavy atom. The van der Waals surface area contributed by atoms with Gasteiger partial charge in [-0.25, -0.2) is 9.67 Å². The predicted molar refractivity (Wildman–Crippen MR) is 105 cm³/mol. The van der Waals surface area contributed by atoms with Crippen LogP contribution in [0.15, 0.2) is 47.7 Å². The number of likely N-dealkylation sites (tertiary alicyclic amines) is 1. The Labute approximate surface area is 154 Å². The third-order valence-electron chi connectivity index (χ3n) is 3.81. The Balaban J connectivity index is 0.00000192. The van der Waals surface area contributed by atoms with Crippen molar-refractivity contribution in [2.24, 2.45) is 4.99 Å². The van der Waals surface area contributed by atoms with Crippen LogP contribution in [0.2, 0.25) is 0 Å². The van der Waals surface area contributed by atoms with Crippen molar-refractivity contribution in [3.05, 3.63) is 48.3 Å². The maximum Gasteiger partial charge on any atom is 0.194 e. The Morgan fingerprint density at radius 3 is 2.65 bits per heavy atom. The summed E-state index contributed by atoms with van der Waals surface area (Å²) in [4.78, 5) is 7.09. The van der Waals surface area contributed by atoms with Gasteiger partial charge in [0.1, 0.15) is 0 Å². The van der Waals surface area contributed by atoms with Gasteiger partial charge in [0.25, 0.3) is 0 Å². The molecule has 0 radical (unpaired) electrons. The van der Waals surface area contributed by atoms with Crippen molar-refractivity contribution >= 4 is 29.9 Å². The second-order valence-electron chi connectivity index (χ2n) is 5.49. The first-order chi connectivity index (χ1) is 10.9. The number of hydrogen-bond acceptors (Lipinski definition) is 2. The van der Waals surface area contributed by atoms with Crippen LogP contribution >= 0.6 is 24.0 Å². The van der Waals surface area contributed by atoms with Gasteiger partial charge in [0, 0.05) is 31.4 Å². The van der Waals surface area contributed by atoms with Crippen molar-refractivity contribution in [3.63, 3.8) is 0 Å². The van der Waals surface area contributed by atoms with E-state index in [1.807, 2.05) is 47.4 Å². The zero-order valence-corrected chi connectivity index (χ0v) is 15.8. The lowest BCUT2D eigenvalue weighted by atomic mass is 10.3.